The highest BCUT2D eigenvalue weighted by Gasteiger charge is 2.34. The molecular formula is C30H31N5O2S. The fourth-order valence-corrected chi connectivity index (χ4v) is 5.12. The van der Waals surface area contributed by atoms with Crippen molar-refractivity contribution in [1.29, 1.82) is 0 Å². The number of thioether (sulfide) groups is 1. The number of nitrogens with one attached hydrogen (secondary N) is 2. The van der Waals surface area contributed by atoms with Gasteiger partial charge in [0.1, 0.15) is 17.5 Å². The summed E-state index contributed by atoms with van der Waals surface area (Å²) in [5, 5.41) is 12.0. The number of allylic oxidation sites excluding steroid dienone is 1. The Kier molecular flexibility index (Phi) is 7.51. The molecule has 2 N–H and O–H groups in total. The molecule has 8 heteroatoms. The first-order chi connectivity index (χ1) is 18.4. The molecule has 5 rings (SSSR count). The standard InChI is InChI=1S/C30H31N5O2S/c1-5-17-38-30-33-29-31-21(4)26(28(36)32-25-16-9-11-19(2)20(25)3)27(35(29)34-30)22-12-10-15-24(18-22)37-23-13-7-6-8-14-23/h6-16,18,27H,5,17H2,1-4H3,(H,32,36)(H,31,33,34). The number of carbonyl (C=O) groups excluding carboxylic acids is 1. The van der Waals surface area contributed by atoms with Gasteiger partial charge in [0.2, 0.25) is 11.1 Å². The third-order valence-electron chi connectivity index (χ3n) is 6.52. The van der Waals surface area contributed by atoms with Crippen molar-refractivity contribution in [3.8, 4) is 11.5 Å². The van der Waals surface area contributed by atoms with Gasteiger partial charge in [-0.25, -0.2) is 4.68 Å². The van der Waals surface area contributed by atoms with E-state index < -0.39 is 6.04 Å². The van der Waals surface area contributed by atoms with Crippen molar-refractivity contribution in [2.45, 2.75) is 45.3 Å². The van der Waals surface area contributed by atoms with Crippen molar-refractivity contribution in [2.75, 3.05) is 16.4 Å². The summed E-state index contributed by atoms with van der Waals surface area (Å²) in [5.74, 6) is 2.77. The summed E-state index contributed by atoms with van der Waals surface area (Å²) in [4.78, 5) is 18.6. The minimum atomic E-state index is -0.487. The minimum Gasteiger partial charge on any atom is -0.457 e. The number of benzene rings is 3. The largest absolute Gasteiger partial charge is 0.457 e. The molecule has 0 fully saturated rings. The highest BCUT2D eigenvalue weighted by atomic mass is 32.2. The maximum Gasteiger partial charge on any atom is 0.255 e. The van der Waals surface area contributed by atoms with Gasteiger partial charge < -0.3 is 15.4 Å². The Hall–Kier alpha value is -4.04. The molecule has 1 unspecified atom stereocenters. The first kappa shape index (κ1) is 25.6. The van der Waals surface area contributed by atoms with Crippen LogP contribution in [0.5, 0.6) is 11.5 Å². The van der Waals surface area contributed by atoms with Crippen LogP contribution < -0.4 is 15.4 Å². The summed E-state index contributed by atoms with van der Waals surface area (Å²) in [6.45, 7) is 8.09. The van der Waals surface area contributed by atoms with Crippen LogP contribution >= 0.6 is 11.8 Å². The number of carbonyl (C=O) groups is 1. The first-order valence-corrected chi connectivity index (χ1v) is 13.7. The predicted octanol–water partition coefficient (Wildman–Crippen LogP) is 7.12. The van der Waals surface area contributed by atoms with Crippen molar-refractivity contribution in [1.82, 2.24) is 14.8 Å². The van der Waals surface area contributed by atoms with E-state index in [2.05, 4.69) is 17.6 Å². The van der Waals surface area contributed by atoms with Crippen LogP contribution in [0.1, 0.15) is 43.0 Å². The molecule has 2 heterocycles. The fourth-order valence-electron chi connectivity index (χ4n) is 4.44. The molecule has 0 saturated heterocycles. The zero-order valence-corrected chi connectivity index (χ0v) is 22.8. The summed E-state index contributed by atoms with van der Waals surface area (Å²) < 4.78 is 7.93. The molecule has 0 bridgehead atoms. The summed E-state index contributed by atoms with van der Waals surface area (Å²) in [5.41, 5.74) is 5.14. The van der Waals surface area contributed by atoms with Gasteiger partial charge in [0.25, 0.3) is 5.91 Å². The Morgan fingerprint density at radius 1 is 1.03 bits per heavy atom. The summed E-state index contributed by atoms with van der Waals surface area (Å²) >= 11 is 1.61. The number of anilines is 2. The van der Waals surface area contributed by atoms with Crippen LogP contribution in [0.3, 0.4) is 0 Å². The van der Waals surface area contributed by atoms with E-state index >= 15 is 0 Å². The third-order valence-corrected chi connectivity index (χ3v) is 7.56. The molecule has 7 nitrogen and oxygen atoms in total. The molecule has 0 radical (unpaired) electrons. The molecule has 38 heavy (non-hydrogen) atoms. The normalized spacial score (nSPS) is 14.6. The lowest BCUT2D eigenvalue weighted by molar-refractivity contribution is -0.113. The highest BCUT2D eigenvalue weighted by Crippen LogP contribution is 2.38. The van der Waals surface area contributed by atoms with Crippen LogP contribution in [-0.4, -0.2) is 26.4 Å². The smallest absolute Gasteiger partial charge is 0.255 e. The second kappa shape index (κ2) is 11.1. The van der Waals surface area contributed by atoms with Crippen LogP contribution in [0.4, 0.5) is 11.6 Å². The van der Waals surface area contributed by atoms with Crippen molar-refractivity contribution in [3.63, 3.8) is 0 Å². The summed E-state index contributed by atoms with van der Waals surface area (Å²) in [6, 6.07) is 22.9. The van der Waals surface area contributed by atoms with Gasteiger partial charge in [-0.05, 0) is 74.2 Å². The average Bonchev–Trinajstić information content (AvgIpc) is 3.32. The molecule has 1 aromatic heterocycles. The van der Waals surface area contributed by atoms with E-state index in [1.54, 1.807) is 11.8 Å². The number of fused-ring (bicyclic) bond motifs is 1. The number of amides is 1. The second-order valence-electron chi connectivity index (χ2n) is 9.27. The number of ether oxygens (including phenoxy) is 1. The van der Waals surface area contributed by atoms with E-state index in [-0.39, 0.29) is 5.91 Å². The molecular weight excluding hydrogens is 494 g/mol. The molecule has 1 aliphatic rings. The maximum atomic E-state index is 13.9. The molecule has 0 aliphatic carbocycles. The van der Waals surface area contributed by atoms with Gasteiger partial charge in [-0.1, -0.05) is 61.2 Å². The molecule has 1 aliphatic heterocycles. The molecule has 1 atom stereocenters. The number of aromatic nitrogens is 3. The third kappa shape index (κ3) is 5.31. The zero-order valence-electron chi connectivity index (χ0n) is 22.0. The average molecular weight is 526 g/mol. The first-order valence-electron chi connectivity index (χ1n) is 12.7. The van der Waals surface area contributed by atoms with Crippen LogP contribution in [0.25, 0.3) is 0 Å². The van der Waals surface area contributed by atoms with E-state index in [1.165, 1.54) is 0 Å². The van der Waals surface area contributed by atoms with Gasteiger partial charge in [-0.2, -0.15) is 4.98 Å². The number of aryl methyl sites for hydroxylation is 1. The SMILES string of the molecule is CCCSc1nc2n(n1)C(c1cccc(Oc3ccccc3)c1)C(C(=O)Nc1cccc(C)c1C)=C(C)N2. The van der Waals surface area contributed by atoms with E-state index in [9.17, 15) is 4.79 Å². The quantitative estimate of drug-likeness (QED) is 0.239. The van der Waals surface area contributed by atoms with Gasteiger partial charge >= 0.3 is 0 Å². The van der Waals surface area contributed by atoms with Gasteiger partial charge in [0, 0.05) is 17.1 Å². The number of para-hydroxylation sites is 1. The van der Waals surface area contributed by atoms with Crippen molar-refractivity contribution in [3.05, 3.63) is 101 Å². The Bertz CT molecular complexity index is 1500. The van der Waals surface area contributed by atoms with Crippen molar-refractivity contribution < 1.29 is 9.53 Å². The van der Waals surface area contributed by atoms with Crippen molar-refractivity contribution in [2.24, 2.45) is 0 Å². The topological polar surface area (TPSA) is 81.1 Å². The van der Waals surface area contributed by atoms with E-state index in [0.717, 1.165) is 46.0 Å². The Morgan fingerprint density at radius 2 is 1.79 bits per heavy atom. The predicted molar refractivity (Wildman–Crippen MR) is 153 cm³/mol. The molecule has 0 spiro atoms. The lowest BCUT2D eigenvalue weighted by Crippen LogP contribution is -2.31. The lowest BCUT2D eigenvalue weighted by Gasteiger charge is -2.29. The van der Waals surface area contributed by atoms with Crippen LogP contribution in [0, 0.1) is 13.8 Å². The molecule has 1 amide bonds. The van der Waals surface area contributed by atoms with E-state index in [4.69, 9.17) is 14.8 Å². The van der Waals surface area contributed by atoms with Gasteiger partial charge in [-0.15, -0.1) is 5.10 Å². The van der Waals surface area contributed by atoms with Crippen LogP contribution in [0.15, 0.2) is 89.2 Å². The maximum absolute atomic E-state index is 13.9. The Balaban J connectivity index is 1.56. The number of rotatable bonds is 8. The van der Waals surface area contributed by atoms with Gasteiger partial charge in [-0.3, -0.25) is 4.79 Å². The summed E-state index contributed by atoms with van der Waals surface area (Å²) in [6.07, 6.45) is 1.02. The second-order valence-corrected chi connectivity index (χ2v) is 10.3. The molecule has 194 valence electrons. The minimum absolute atomic E-state index is 0.188. The molecule has 0 saturated carbocycles. The van der Waals surface area contributed by atoms with Crippen LogP contribution in [-0.2, 0) is 4.79 Å². The molecule has 3 aromatic carbocycles. The molecule has 4 aromatic rings. The van der Waals surface area contributed by atoms with Crippen molar-refractivity contribution >= 4 is 29.3 Å². The summed E-state index contributed by atoms with van der Waals surface area (Å²) in [7, 11) is 0. The fraction of sp³-hybridized carbons (Fsp3) is 0.233. The Morgan fingerprint density at radius 3 is 2.58 bits per heavy atom. The van der Waals surface area contributed by atoms with E-state index in [1.807, 2.05) is 98.2 Å². The zero-order chi connectivity index (χ0) is 26.6. The highest BCUT2D eigenvalue weighted by molar-refractivity contribution is 7.99. The number of hydrogen-bond acceptors (Lipinski definition) is 6. The number of nitrogens with zero attached hydrogens (tertiary/aromatic N) is 3. The monoisotopic (exact) mass is 525 g/mol. The van der Waals surface area contributed by atoms with Gasteiger partial charge in [0.15, 0.2) is 0 Å². The van der Waals surface area contributed by atoms with E-state index in [0.29, 0.717) is 22.4 Å². The Labute approximate surface area is 227 Å². The van der Waals surface area contributed by atoms with Crippen LogP contribution in [0.2, 0.25) is 0 Å². The lowest BCUT2D eigenvalue weighted by atomic mass is 9.94. The van der Waals surface area contributed by atoms with Gasteiger partial charge in [0.05, 0.1) is 5.57 Å². The number of hydrogen-bond donors (Lipinski definition) is 2.